The van der Waals surface area contributed by atoms with E-state index in [-0.39, 0.29) is 11.0 Å². The Balaban J connectivity index is 1.63. The molecule has 2 aromatic carbocycles. The third-order valence-electron chi connectivity index (χ3n) is 7.88. The van der Waals surface area contributed by atoms with Gasteiger partial charge in [0.15, 0.2) is 9.84 Å². The Morgan fingerprint density at radius 1 is 0.927 bits per heavy atom. The fourth-order valence-electron chi connectivity index (χ4n) is 5.44. The summed E-state index contributed by atoms with van der Waals surface area (Å²) in [4.78, 5) is 11.8. The van der Waals surface area contributed by atoms with Crippen molar-refractivity contribution in [2.75, 3.05) is 24.7 Å². The fourth-order valence-corrected chi connectivity index (χ4v) is 6.65. The van der Waals surface area contributed by atoms with Crippen molar-refractivity contribution in [2.45, 2.75) is 95.4 Å². The van der Waals surface area contributed by atoms with Gasteiger partial charge in [-0.1, -0.05) is 12.1 Å². The van der Waals surface area contributed by atoms with Crippen molar-refractivity contribution in [3.05, 3.63) is 59.3 Å². The van der Waals surface area contributed by atoms with Gasteiger partial charge in [0.05, 0.1) is 27.6 Å². The highest BCUT2D eigenvalue weighted by Gasteiger charge is 2.26. The Hall–Kier alpha value is -3.17. The lowest BCUT2D eigenvalue weighted by molar-refractivity contribution is 0.215. The van der Waals surface area contributed by atoms with Gasteiger partial charge in [-0.2, -0.15) is 4.98 Å². The number of aryl methyl sites for hydroxylation is 2. The SMILES string of the molecule is Cc1cnc(Nc2cc(C)c([C@H]3CC[C@H](N(C)C)CC3)cc2OC(C)C)nc1Nc1ccccc1S(=O)(=O)C(C)C. The largest absolute Gasteiger partial charge is 0.489 e. The molecule has 3 aromatic rings. The number of hydrogen-bond acceptors (Lipinski definition) is 8. The molecule has 0 amide bonds. The summed E-state index contributed by atoms with van der Waals surface area (Å²) in [6.45, 7) is 11.5. The lowest BCUT2D eigenvalue weighted by Crippen LogP contribution is -2.31. The van der Waals surface area contributed by atoms with Crippen molar-refractivity contribution >= 4 is 33.0 Å². The Bertz CT molecular complexity index is 1460. The number of ether oxygens (including phenoxy) is 1. The number of para-hydroxylation sites is 1. The summed E-state index contributed by atoms with van der Waals surface area (Å²) in [5.74, 6) is 2.23. The Kier molecular flexibility index (Phi) is 9.59. The Morgan fingerprint density at radius 2 is 1.61 bits per heavy atom. The zero-order valence-electron chi connectivity index (χ0n) is 25.7. The maximum Gasteiger partial charge on any atom is 0.229 e. The second kappa shape index (κ2) is 12.8. The van der Waals surface area contributed by atoms with Crippen LogP contribution in [0.25, 0.3) is 0 Å². The van der Waals surface area contributed by atoms with Gasteiger partial charge in [0.25, 0.3) is 0 Å². The lowest BCUT2D eigenvalue weighted by Gasteiger charge is -2.33. The zero-order valence-corrected chi connectivity index (χ0v) is 26.5. The summed E-state index contributed by atoms with van der Waals surface area (Å²) in [7, 11) is 0.862. The number of rotatable bonds is 10. The molecule has 0 bridgehead atoms. The first-order chi connectivity index (χ1) is 19.4. The highest BCUT2D eigenvalue weighted by molar-refractivity contribution is 7.92. The molecule has 222 valence electrons. The summed E-state index contributed by atoms with van der Waals surface area (Å²) in [5.41, 5.74) is 4.65. The van der Waals surface area contributed by atoms with Crippen LogP contribution in [-0.2, 0) is 9.84 Å². The number of aromatic nitrogens is 2. The fraction of sp³-hybridized carbons (Fsp3) is 0.500. The molecular weight excluding hydrogens is 534 g/mol. The molecule has 8 nitrogen and oxygen atoms in total. The van der Waals surface area contributed by atoms with Crippen molar-refractivity contribution < 1.29 is 13.2 Å². The van der Waals surface area contributed by atoms with E-state index in [1.54, 1.807) is 38.2 Å². The predicted octanol–water partition coefficient (Wildman–Crippen LogP) is 7.14. The minimum atomic E-state index is -3.48. The molecule has 1 fully saturated rings. The molecule has 0 aliphatic heterocycles. The smallest absolute Gasteiger partial charge is 0.229 e. The Morgan fingerprint density at radius 3 is 2.24 bits per heavy atom. The average Bonchev–Trinajstić information content (AvgIpc) is 2.92. The number of nitrogens with zero attached hydrogens (tertiary/aromatic N) is 3. The van der Waals surface area contributed by atoms with E-state index in [4.69, 9.17) is 9.72 Å². The first kappa shape index (κ1) is 30.8. The van der Waals surface area contributed by atoms with Gasteiger partial charge in [0.2, 0.25) is 5.95 Å². The molecule has 0 saturated heterocycles. The number of hydrogen-bond donors (Lipinski definition) is 2. The summed E-state index contributed by atoms with van der Waals surface area (Å²) >= 11 is 0. The molecule has 1 saturated carbocycles. The maximum absolute atomic E-state index is 13.0. The van der Waals surface area contributed by atoms with E-state index in [2.05, 4.69) is 53.7 Å². The van der Waals surface area contributed by atoms with E-state index in [0.717, 1.165) is 17.0 Å². The van der Waals surface area contributed by atoms with Gasteiger partial charge < -0.3 is 20.3 Å². The topological polar surface area (TPSA) is 96.4 Å². The molecule has 41 heavy (non-hydrogen) atoms. The molecule has 0 spiro atoms. The molecule has 9 heteroatoms. The van der Waals surface area contributed by atoms with Gasteiger partial charge in [-0.3, -0.25) is 0 Å². The molecule has 1 aromatic heterocycles. The minimum Gasteiger partial charge on any atom is -0.489 e. The van der Waals surface area contributed by atoms with Crippen LogP contribution in [0.5, 0.6) is 5.75 Å². The van der Waals surface area contributed by atoms with E-state index in [1.807, 2.05) is 26.8 Å². The zero-order chi connectivity index (χ0) is 29.9. The van der Waals surface area contributed by atoms with Crippen LogP contribution in [0.3, 0.4) is 0 Å². The van der Waals surface area contributed by atoms with E-state index in [1.165, 1.54) is 36.8 Å². The Labute approximate surface area is 245 Å². The van der Waals surface area contributed by atoms with Crippen molar-refractivity contribution in [1.82, 2.24) is 14.9 Å². The highest BCUT2D eigenvalue weighted by Crippen LogP contribution is 2.40. The first-order valence-electron chi connectivity index (χ1n) is 14.5. The molecule has 0 radical (unpaired) electrons. The summed E-state index contributed by atoms with van der Waals surface area (Å²) in [6.07, 6.45) is 6.47. The molecule has 1 heterocycles. The van der Waals surface area contributed by atoms with Crippen LogP contribution in [0.1, 0.15) is 76.0 Å². The van der Waals surface area contributed by atoms with Crippen molar-refractivity contribution in [3.63, 3.8) is 0 Å². The van der Waals surface area contributed by atoms with Crippen LogP contribution >= 0.6 is 0 Å². The summed E-state index contributed by atoms with van der Waals surface area (Å²) < 4.78 is 32.2. The first-order valence-corrected chi connectivity index (χ1v) is 16.1. The molecule has 0 atom stereocenters. The second-order valence-corrected chi connectivity index (χ2v) is 14.4. The van der Waals surface area contributed by atoms with Gasteiger partial charge in [-0.25, -0.2) is 13.4 Å². The molecule has 1 aliphatic carbocycles. The van der Waals surface area contributed by atoms with Crippen molar-refractivity contribution in [1.29, 1.82) is 0 Å². The third-order valence-corrected chi connectivity index (χ3v) is 10.1. The van der Waals surface area contributed by atoms with Crippen molar-refractivity contribution in [3.8, 4) is 5.75 Å². The summed E-state index contributed by atoms with van der Waals surface area (Å²) in [5, 5.41) is 6.08. The number of benzene rings is 2. The van der Waals surface area contributed by atoms with Crippen LogP contribution in [0.15, 0.2) is 47.5 Å². The van der Waals surface area contributed by atoms with Gasteiger partial charge in [-0.05, 0) is 123 Å². The lowest BCUT2D eigenvalue weighted by atomic mass is 9.80. The standard InChI is InChI=1S/C32H45N5O3S/c1-20(2)40-29-18-26(24-13-15-25(16-14-24)37(7)8)22(5)17-28(29)35-32-33-19-23(6)31(36-32)34-27-11-9-10-12-30(27)41(38,39)21(3)4/h9-12,17-21,24-25H,13-16H2,1-8H3,(H2,33,34,35,36)/t24-,25-. The average molecular weight is 580 g/mol. The number of nitrogens with one attached hydrogen (secondary N) is 2. The second-order valence-electron chi connectivity index (χ2n) is 11.9. The molecule has 2 N–H and O–H groups in total. The highest BCUT2D eigenvalue weighted by atomic mass is 32.2. The normalized spacial score (nSPS) is 17.7. The van der Waals surface area contributed by atoms with Crippen LogP contribution in [0, 0.1) is 13.8 Å². The molecule has 4 rings (SSSR count). The minimum absolute atomic E-state index is 0.00570. The monoisotopic (exact) mass is 579 g/mol. The van der Waals surface area contributed by atoms with Gasteiger partial charge in [-0.15, -0.1) is 0 Å². The maximum atomic E-state index is 13.0. The van der Waals surface area contributed by atoms with Gasteiger partial charge >= 0.3 is 0 Å². The predicted molar refractivity (Wildman–Crippen MR) is 168 cm³/mol. The molecular formula is C32H45N5O3S. The number of anilines is 4. The van der Waals surface area contributed by atoms with Gasteiger partial charge in [0, 0.05) is 17.8 Å². The van der Waals surface area contributed by atoms with E-state index in [9.17, 15) is 8.42 Å². The van der Waals surface area contributed by atoms with E-state index < -0.39 is 15.1 Å². The molecule has 0 unspecified atom stereocenters. The van der Waals surface area contributed by atoms with Crippen molar-refractivity contribution in [2.24, 2.45) is 0 Å². The summed E-state index contributed by atoms with van der Waals surface area (Å²) in [6, 6.07) is 11.9. The number of sulfone groups is 1. The van der Waals surface area contributed by atoms with Gasteiger partial charge in [0.1, 0.15) is 11.6 Å². The van der Waals surface area contributed by atoms with Crippen LogP contribution in [-0.4, -0.2) is 54.8 Å². The van der Waals surface area contributed by atoms with Crippen LogP contribution in [0.4, 0.5) is 23.1 Å². The quantitative estimate of drug-likeness (QED) is 0.262. The van der Waals surface area contributed by atoms with E-state index in [0.29, 0.717) is 29.4 Å². The van der Waals surface area contributed by atoms with Crippen LogP contribution < -0.4 is 15.4 Å². The van der Waals surface area contributed by atoms with Crippen LogP contribution in [0.2, 0.25) is 0 Å². The molecule has 1 aliphatic rings. The van der Waals surface area contributed by atoms with E-state index >= 15 is 0 Å². The third kappa shape index (κ3) is 7.19.